The summed E-state index contributed by atoms with van der Waals surface area (Å²) >= 11 is 1.20. The molecular formula is C45H71NO11S. The minimum absolute atomic E-state index is 0.00808. The zero-order valence-corrected chi connectivity index (χ0v) is 37.1. The molecule has 0 saturated carbocycles. The van der Waals surface area contributed by atoms with Crippen molar-refractivity contribution in [1.82, 2.24) is 5.32 Å². The fraction of sp³-hybridized carbons (Fsp3) is 0.711. The van der Waals surface area contributed by atoms with Crippen LogP contribution >= 0.6 is 11.8 Å². The van der Waals surface area contributed by atoms with E-state index in [1.54, 1.807) is 20.8 Å². The number of hydrogen-bond acceptors (Lipinski definition) is 12. The van der Waals surface area contributed by atoms with Gasteiger partial charge in [-0.2, -0.15) is 11.8 Å². The van der Waals surface area contributed by atoms with Gasteiger partial charge in [0.25, 0.3) is 0 Å². The standard InChI is InChI=1S/C45H71NO11S/c1-8-9-10-11-12-13-14-15-16-17-21-24-37(47)28-34(27-33-22-19-18-20-23-33)41(50)46-39(44(53)56-7)26-25-38(48)29-35(42(51)54-5)31-58-32-36(43(52)55-6)30-40(49)57-45(2,3)4/h18-20,22-23,34-36,39H,8-17,21,24-32H2,1-7H3,(H,46,50)/t34-,35-,36+,39-/m1/s1. The van der Waals surface area contributed by atoms with Crippen LogP contribution in [0.5, 0.6) is 0 Å². The Morgan fingerprint density at radius 3 is 1.62 bits per heavy atom. The van der Waals surface area contributed by atoms with Crippen molar-refractivity contribution in [3.63, 3.8) is 0 Å². The van der Waals surface area contributed by atoms with Crippen molar-refractivity contribution in [2.45, 2.75) is 155 Å². The van der Waals surface area contributed by atoms with Crippen LogP contribution in [0.3, 0.4) is 0 Å². The van der Waals surface area contributed by atoms with Gasteiger partial charge in [-0.3, -0.25) is 28.8 Å². The van der Waals surface area contributed by atoms with Crippen LogP contribution < -0.4 is 5.32 Å². The van der Waals surface area contributed by atoms with Gasteiger partial charge in [-0.05, 0) is 45.6 Å². The average Bonchev–Trinajstić information content (AvgIpc) is 3.19. The van der Waals surface area contributed by atoms with Gasteiger partial charge in [0, 0.05) is 43.1 Å². The Morgan fingerprint density at radius 2 is 1.10 bits per heavy atom. The average molecular weight is 834 g/mol. The van der Waals surface area contributed by atoms with Gasteiger partial charge in [-0.25, -0.2) is 4.79 Å². The Bertz CT molecular complexity index is 1390. The van der Waals surface area contributed by atoms with E-state index in [2.05, 4.69) is 12.2 Å². The van der Waals surface area contributed by atoms with Crippen LogP contribution in [0.15, 0.2) is 30.3 Å². The SMILES string of the molecule is CCCCCCCCCCCCCC(=O)C[C@@H](Cc1ccccc1)C(=O)N[C@H](CCC(=O)C[C@H](CSC[C@H](CC(=O)OC(C)(C)C)C(=O)OC)C(=O)OC)C(=O)OC. The Morgan fingerprint density at radius 1 is 0.621 bits per heavy atom. The number of nitrogens with one attached hydrogen (secondary N) is 1. The van der Waals surface area contributed by atoms with Crippen LogP contribution in [-0.4, -0.2) is 85.8 Å². The van der Waals surface area contributed by atoms with Crippen molar-refractivity contribution >= 4 is 53.1 Å². The molecule has 0 radical (unpaired) electrons. The molecule has 1 N–H and O–H groups in total. The molecule has 0 fully saturated rings. The van der Waals surface area contributed by atoms with Gasteiger partial charge in [0.2, 0.25) is 5.91 Å². The van der Waals surface area contributed by atoms with Gasteiger partial charge < -0.3 is 24.3 Å². The van der Waals surface area contributed by atoms with Gasteiger partial charge in [0.1, 0.15) is 23.2 Å². The predicted molar refractivity (Wildman–Crippen MR) is 226 cm³/mol. The highest BCUT2D eigenvalue weighted by Gasteiger charge is 2.31. The summed E-state index contributed by atoms with van der Waals surface area (Å²) in [6.07, 6.45) is 13.0. The first-order chi connectivity index (χ1) is 27.6. The molecule has 1 rings (SSSR count). The van der Waals surface area contributed by atoms with Crippen molar-refractivity contribution in [3.8, 4) is 0 Å². The minimum atomic E-state index is -1.15. The van der Waals surface area contributed by atoms with Crippen molar-refractivity contribution in [1.29, 1.82) is 0 Å². The zero-order chi connectivity index (χ0) is 43.3. The number of ether oxygens (including phenoxy) is 4. The Hall–Kier alpha value is -3.74. The van der Waals surface area contributed by atoms with Crippen LogP contribution in [0.1, 0.15) is 142 Å². The van der Waals surface area contributed by atoms with Gasteiger partial charge in [0.05, 0.1) is 39.6 Å². The molecule has 12 nitrogen and oxygen atoms in total. The first-order valence-electron chi connectivity index (χ1n) is 21.0. The highest BCUT2D eigenvalue weighted by molar-refractivity contribution is 7.99. The number of carbonyl (C=O) groups excluding carboxylic acids is 7. The third kappa shape index (κ3) is 24.2. The number of thioether (sulfide) groups is 1. The highest BCUT2D eigenvalue weighted by Crippen LogP contribution is 2.23. The van der Waals surface area contributed by atoms with Crippen LogP contribution in [0.2, 0.25) is 0 Å². The number of unbranched alkanes of at least 4 members (excludes halogenated alkanes) is 10. The molecule has 0 saturated heterocycles. The lowest BCUT2D eigenvalue weighted by molar-refractivity contribution is -0.160. The van der Waals surface area contributed by atoms with Crippen molar-refractivity contribution < 1.29 is 52.5 Å². The lowest BCUT2D eigenvalue weighted by Crippen LogP contribution is -2.45. The predicted octanol–water partition coefficient (Wildman–Crippen LogP) is 7.95. The van der Waals surface area contributed by atoms with Crippen molar-refractivity contribution in [3.05, 3.63) is 35.9 Å². The van der Waals surface area contributed by atoms with E-state index in [4.69, 9.17) is 18.9 Å². The van der Waals surface area contributed by atoms with Gasteiger partial charge in [-0.15, -0.1) is 0 Å². The van der Waals surface area contributed by atoms with Crippen molar-refractivity contribution in [2.75, 3.05) is 32.8 Å². The van der Waals surface area contributed by atoms with E-state index in [1.165, 1.54) is 78.0 Å². The number of ketones is 2. The lowest BCUT2D eigenvalue weighted by Gasteiger charge is -2.22. The molecule has 13 heteroatoms. The fourth-order valence-electron chi connectivity index (χ4n) is 6.57. The second-order valence-electron chi connectivity index (χ2n) is 16.0. The molecule has 0 aromatic heterocycles. The number of amides is 1. The Kier molecular flexibility index (Phi) is 27.3. The number of Topliss-reactive ketones (excluding diaryl/α,β-unsaturated/α-hetero) is 2. The summed E-state index contributed by atoms with van der Waals surface area (Å²) in [5.74, 6) is -5.51. The molecule has 0 bridgehead atoms. The van der Waals surface area contributed by atoms with Crippen molar-refractivity contribution in [2.24, 2.45) is 17.8 Å². The number of methoxy groups -OCH3 is 3. The fourth-order valence-corrected chi connectivity index (χ4v) is 7.79. The van der Waals surface area contributed by atoms with Gasteiger partial charge in [0.15, 0.2) is 0 Å². The number of hydrogen-bond donors (Lipinski definition) is 1. The molecule has 0 heterocycles. The smallest absolute Gasteiger partial charge is 0.328 e. The number of carbonyl (C=O) groups is 7. The third-order valence-electron chi connectivity index (χ3n) is 9.76. The molecule has 0 aliphatic heterocycles. The monoisotopic (exact) mass is 833 g/mol. The molecular weight excluding hydrogens is 763 g/mol. The topological polar surface area (TPSA) is 168 Å². The molecule has 4 atom stereocenters. The van der Waals surface area contributed by atoms with Gasteiger partial charge >= 0.3 is 23.9 Å². The second-order valence-corrected chi connectivity index (χ2v) is 17.1. The van der Waals surface area contributed by atoms with Crippen LogP contribution in [-0.2, 0) is 58.9 Å². The van der Waals surface area contributed by atoms with E-state index in [9.17, 15) is 33.6 Å². The lowest BCUT2D eigenvalue weighted by atomic mass is 9.91. The minimum Gasteiger partial charge on any atom is -0.469 e. The summed E-state index contributed by atoms with van der Waals surface area (Å²) in [5, 5.41) is 2.75. The number of rotatable bonds is 32. The summed E-state index contributed by atoms with van der Waals surface area (Å²) < 4.78 is 20.1. The maximum atomic E-state index is 13.7. The largest absolute Gasteiger partial charge is 0.469 e. The summed E-state index contributed by atoms with van der Waals surface area (Å²) in [7, 11) is 3.62. The highest BCUT2D eigenvalue weighted by atomic mass is 32.2. The molecule has 328 valence electrons. The summed E-state index contributed by atoms with van der Waals surface area (Å²) in [5.41, 5.74) is 0.148. The van der Waals surface area contributed by atoms with E-state index in [-0.39, 0.29) is 55.2 Å². The third-order valence-corrected chi connectivity index (χ3v) is 11.0. The summed E-state index contributed by atoms with van der Waals surface area (Å²) in [6.45, 7) is 7.38. The molecule has 0 aliphatic rings. The maximum absolute atomic E-state index is 13.7. The second kappa shape index (κ2) is 30.3. The van der Waals surface area contributed by atoms with Crippen LogP contribution in [0.4, 0.5) is 0 Å². The Labute approximate surface area is 351 Å². The number of benzene rings is 1. The van der Waals surface area contributed by atoms with E-state index < -0.39 is 59.2 Å². The maximum Gasteiger partial charge on any atom is 0.328 e. The normalized spacial score (nSPS) is 13.4. The molecule has 0 unspecified atom stereocenters. The molecule has 0 aliphatic carbocycles. The van der Waals surface area contributed by atoms with Crippen LogP contribution in [0, 0.1) is 17.8 Å². The zero-order valence-electron chi connectivity index (χ0n) is 36.2. The molecule has 1 aromatic carbocycles. The summed E-state index contributed by atoms with van der Waals surface area (Å²) in [6, 6.07) is 8.22. The number of esters is 4. The van der Waals surface area contributed by atoms with E-state index in [0.717, 1.165) is 31.2 Å². The first-order valence-corrected chi connectivity index (χ1v) is 22.2. The molecule has 1 amide bonds. The molecule has 58 heavy (non-hydrogen) atoms. The first kappa shape index (κ1) is 52.3. The van der Waals surface area contributed by atoms with E-state index >= 15 is 0 Å². The summed E-state index contributed by atoms with van der Waals surface area (Å²) in [4.78, 5) is 90.4. The quantitative estimate of drug-likeness (QED) is 0.0423. The molecule has 1 aromatic rings. The molecule has 0 spiro atoms. The van der Waals surface area contributed by atoms with Crippen LogP contribution in [0.25, 0.3) is 0 Å². The van der Waals surface area contributed by atoms with E-state index in [1.807, 2.05) is 30.3 Å². The van der Waals surface area contributed by atoms with E-state index in [0.29, 0.717) is 12.8 Å². The Balaban J connectivity index is 2.82. The van der Waals surface area contributed by atoms with Gasteiger partial charge in [-0.1, -0.05) is 101 Å².